The van der Waals surface area contributed by atoms with Crippen molar-refractivity contribution < 1.29 is 19.3 Å². The Hall–Kier alpha value is -3.59. The summed E-state index contributed by atoms with van der Waals surface area (Å²) < 4.78 is 11.9. The lowest BCUT2D eigenvalue weighted by Crippen LogP contribution is -2.20. The van der Waals surface area contributed by atoms with Gasteiger partial charge in [0.15, 0.2) is 17.2 Å². The molecule has 0 saturated heterocycles. The number of nitrogens with two attached hydrogens (primary N) is 1. The number of hydrogen-bond donors (Lipinski definition) is 3. The Morgan fingerprint density at radius 1 is 1.50 bits per heavy atom. The fraction of sp³-hybridized carbons (Fsp3) is 0.235. The van der Waals surface area contributed by atoms with Crippen LogP contribution in [0.4, 0.5) is 5.82 Å². The first-order valence-electron chi connectivity index (χ1n) is 9.10. The lowest BCUT2D eigenvalue weighted by Gasteiger charge is -2.05. The van der Waals surface area contributed by atoms with E-state index in [1.54, 1.807) is 23.9 Å². The first-order chi connectivity index (χ1) is 15.6. The van der Waals surface area contributed by atoms with Crippen LogP contribution in [0.15, 0.2) is 32.9 Å². The van der Waals surface area contributed by atoms with Crippen LogP contribution in [-0.2, 0) is 5.75 Å². The Bertz CT molecular complexity index is 1190. The predicted molar refractivity (Wildman–Crippen MR) is 119 cm³/mol. The van der Waals surface area contributed by atoms with Gasteiger partial charge < -0.3 is 15.6 Å². The van der Waals surface area contributed by atoms with Gasteiger partial charge in [-0.3, -0.25) is 9.79 Å². The maximum absolute atomic E-state index is 12.8. The number of hydrazone groups is 1. The Morgan fingerprint density at radius 3 is 3.09 bits per heavy atom. The molecule has 0 unspecified atom stereocenters. The van der Waals surface area contributed by atoms with Crippen LogP contribution >= 0.6 is 23.5 Å². The van der Waals surface area contributed by atoms with E-state index in [0.29, 0.717) is 17.0 Å². The number of carbonyl (C=O) groups is 1. The molecule has 3 aromatic rings. The molecule has 32 heavy (non-hydrogen) atoms. The average molecular weight is 476 g/mol. The van der Waals surface area contributed by atoms with E-state index in [-0.39, 0.29) is 28.8 Å². The maximum atomic E-state index is 12.8. The molecule has 15 heteroatoms. The molecule has 13 nitrogen and oxygen atoms in total. The summed E-state index contributed by atoms with van der Waals surface area (Å²) in [6, 6.07) is 4.65. The Kier molecular flexibility index (Phi) is 6.55. The van der Waals surface area contributed by atoms with Gasteiger partial charge in [-0.2, -0.15) is 9.78 Å². The van der Waals surface area contributed by atoms with Gasteiger partial charge in [0.05, 0.1) is 25.6 Å². The number of phenolic OH excluding ortho intramolecular Hbond substituents is 1. The van der Waals surface area contributed by atoms with E-state index < -0.39 is 5.91 Å². The van der Waals surface area contributed by atoms with Crippen LogP contribution in [0.3, 0.4) is 0 Å². The van der Waals surface area contributed by atoms with Crippen LogP contribution in [0.25, 0.3) is 5.82 Å². The quantitative estimate of drug-likeness (QED) is 0.328. The molecular formula is C17H17N9O4S2. The zero-order valence-electron chi connectivity index (χ0n) is 16.6. The smallest absolute Gasteiger partial charge is 0.293 e. The number of aromatic hydroxyl groups is 1. The average Bonchev–Trinajstić information content (AvgIpc) is 3.54. The van der Waals surface area contributed by atoms with Gasteiger partial charge in [0, 0.05) is 11.5 Å². The van der Waals surface area contributed by atoms with Gasteiger partial charge >= 0.3 is 0 Å². The van der Waals surface area contributed by atoms with E-state index in [0.717, 1.165) is 16.7 Å². The summed E-state index contributed by atoms with van der Waals surface area (Å²) in [5.41, 5.74) is 9.29. The monoisotopic (exact) mass is 475 g/mol. The molecule has 0 atom stereocenters. The number of anilines is 1. The van der Waals surface area contributed by atoms with Crippen molar-refractivity contribution in [2.45, 2.75) is 5.75 Å². The number of ether oxygens (including phenoxy) is 1. The number of amides is 1. The molecule has 4 rings (SSSR count). The van der Waals surface area contributed by atoms with Crippen LogP contribution < -0.4 is 15.9 Å². The third kappa shape index (κ3) is 4.67. The molecular weight excluding hydrogens is 458 g/mol. The Balaban J connectivity index is 1.54. The van der Waals surface area contributed by atoms with E-state index in [1.165, 1.54) is 35.8 Å². The van der Waals surface area contributed by atoms with E-state index >= 15 is 0 Å². The molecule has 0 fully saturated rings. The number of carbonyl (C=O) groups excluding carboxylic acids is 1. The van der Waals surface area contributed by atoms with Crippen molar-refractivity contribution in [1.82, 2.24) is 30.7 Å². The van der Waals surface area contributed by atoms with Gasteiger partial charge in [0.1, 0.15) is 4.38 Å². The molecule has 4 N–H and O–H groups in total. The number of aromatic nitrogens is 5. The minimum Gasteiger partial charge on any atom is -0.504 e. The van der Waals surface area contributed by atoms with E-state index in [1.807, 2.05) is 0 Å². The molecule has 0 bridgehead atoms. The van der Waals surface area contributed by atoms with Crippen LogP contribution in [0.2, 0.25) is 0 Å². The normalized spacial score (nSPS) is 13.5. The number of nitrogen functional groups attached to an aromatic ring is 1. The molecule has 1 aliphatic rings. The van der Waals surface area contributed by atoms with E-state index in [2.05, 4.69) is 40.8 Å². The maximum Gasteiger partial charge on any atom is 0.293 e. The SMILES string of the molecule is COc1cc(C=NNC(=O)c2nnn(-c3nonc3N)c2CSC2=NCCS2)ccc1O. The molecule has 2 aromatic heterocycles. The van der Waals surface area contributed by atoms with Crippen molar-refractivity contribution in [3.05, 3.63) is 35.2 Å². The minimum atomic E-state index is -0.579. The van der Waals surface area contributed by atoms with Gasteiger partial charge in [0.2, 0.25) is 11.6 Å². The third-order valence-corrected chi connectivity index (χ3v) is 6.41. The lowest BCUT2D eigenvalue weighted by atomic mass is 10.2. The minimum absolute atomic E-state index is 0.000842. The first kappa shape index (κ1) is 21.6. The summed E-state index contributed by atoms with van der Waals surface area (Å²) in [5, 5.41) is 28.9. The highest BCUT2D eigenvalue weighted by atomic mass is 32.2. The molecule has 0 spiro atoms. The number of aliphatic imine (C=N–C) groups is 1. The number of phenols is 1. The molecule has 1 amide bonds. The standard InChI is InChI=1S/C17H17N9O4S2/c1-29-12-6-9(2-3-11(12)27)7-20-22-16(28)13-10(8-32-17-19-4-5-31-17)26(25-21-13)15-14(18)23-30-24-15/h2-3,6-7,27H,4-5,8H2,1H3,(H2,18,23)(H,22,28). The van der Waals surface area contributed by atoms with Crippen LogP contribution in [-0.4, -0.2) is 66.3 Å². The number of methoxy groups -OCH3 is 1. The highest BCUT2D eigenvalue weighted by molar-refractivity contribution is 8.38. The number of benzene rings is 1. The van der Waals surface area contributed by atoms with Crippen molar-refractivity contribution in [1.29, 1.82) is 0 Å². The van der Waals surface area contributed by atoms with Gasteiger partial charge in [-0.05, 0) is 34.1 Å². The second-order valence-corrected chi connectivity index (χ2v) is 8.49. The van der Waals surface area contributed by atoms with Crippen molar-refractivity contribution in [2.75, 3.05) is 25.1 Å². The zero-order valence-corrected chi connectivity index (χ0v) is 18.3. The molecule has 1 aromatic carbocycles. The number of hydrogen-bond acceptors (Lipinski definition) is 13. The summed E-state index contributed by atoms with van der Waals surface area (Å²) in [6.45, 7) is 0.759. The fourth-order valence-corrected chi connectivity index (χ4v) is 4.64. The highest BCUT2D eigenvalue weighted by Gasteiger charge is 2.24. The van der Waals surface area contributed by atoms with Gasteiger partial charge in [-0.1, -0.05) is 28.7 Å². The largest absolute Gasteiger partial charge is 0.504 e. The number of thioether (sulfide) groups is 2. The zero-order chi connectivity index (χ0) is 22.5. The van der Waals surface area contributed by atoms with E-state index in [9.17, 15) is 9.90 Å². The van der Waals surface area contributed by atoms with Crippen molar-refractivity contribution >= 4 is 45.8 Å². The molecule has 0 radical (unpaired) electrons. The Labute approximate surface area is 189 Å². The fourth-order valence-electron chi connectivity index (χ4n) is 2.64. The second-order valence-electron chi connectivity index (χ2n) is 6.18. The van der Waals surface area contributed by atoms with E-state index in [4.69, 9.17) is 10.5 Å². The van der Waals surface area contributed by atoms with Gasteiger partial charge in [-0.15, -0.1) is 5.10 Å². The molecule has 3 heterocycles. The van der Waals surface area contributed by atoms with Crippen LogP contribution in [0, 0.1) is 0 Å². The number of nitrogens with zero attached hydrogens (tertiary/aromatic N) is 7. The molecule has 0 saturated carbocycles. The summed E-state index contributed by atoms with van der Waals surface area (Å²) in [5.74, 6) is 1.11. The molecule has 0 aliphatic carbocycles. The summed E-state index contributed by atoms with van der Waals surface area (Å²) in [7, 11) is 1.44. The highest BCUT2D eigenvalue weighted by Crippen LogP contribution is 2.28. The van der Waals surface area contributed by atoms with Gasteiger partial charge in [-0.25, -0.2) is 10.1 Å². The summed E-state index contributed by atoms with van der Waals surface area (Å²) in [4.78, 5) is 17.1. The van der Waals surface area contributed by atoms with Crippen LogP contribution in [0.1, 0.15) is 21.7 Å². The topological polar surface area (TPSA) is 179 Å². The predicted octanol–water partition coefficient (Wildman–Crippen LogP) is 1.05. The first-order valence-corrected chi connectivity index (χ1v) is 11.1. The molecule has 166 valence electrons. The number of rotatable bonds is 7. The van der Waals surface area contributed by atoms with Gasteiger partial charge in [0.25, 0.3) is 5.91 Å². The second kappa shape index (κ2) is 9.69. The Morgan fingerprint density at radius 2 is 2.38 bits per heavy atom. The van der Waals surface area contributed by atoms with Crippen molar-refractivity contribution in [3.63, 3.8) is 0 Å². The summed E-state index contributed by atoms with van der Waals surface area (Å²) in [6.07, 6.45) is 1.40. The van der Waals surface area contributed by atoms with Crippen LogP contribution in [0.5, 0.6) is 11.5 Å². The molecule has 1 aliphatic heterocycles. The summed E-state index contributed by atoms with van der Waals surface area (Å²) >= 11 is 3.09. The lowest BCUT2D eigenvalue weighted by molar-refractivity contribution is 0.0949. The van der Waals surface area contributed by atoms with Crippen molar-refractivity contribution in [2.24, 2.45) is 10.1 Å². The van der Waals surface area contributed by atoms with Crippen molar-refractivity contribution in [3.8, 4) is 17.3 Å². The third-order valence-electron chi connectivity index (χ3n) is 4.15. The number of nitrogens with one attached hydrogen (secondary N) is 1.